The smallest absolute Gasteiger partial charge is 0.103 e. The Morgan fingerprint density at radius 1 is 1.25 bits per heavy atom. The van der Waals surface area contributed by atoms with E-state index >= 15 is 0 Å². The second-order valence-corrected chi connectivity index (χ2v) is 6.09. The molecule has 0 unspecified atom stereocenters. The van der Waals surface area contributed by atoms with Crippen molar-refractivity contribution in [2.45, 2.75) is 26.7 Å². The molecule has 2 aliphatic rings. The SMILES string of the molecule is Cc1cc(N2CCN(CC3CC3)CC2)c(C#N)c(C)n1. The molecule has 4 nitrogen and oxygen atoms in total. The highest BCUT2D eigenvalue weighted by atomic mass is 15.3. The fourth-order valence-electron chi connectivity index (χ4n) is 3.03. The van der Waals surface area contributed by atoms with Crippen molar-refractivity contribution in [3.8, 4) is 6.07 Å². The Morgan fingerprint density at radius 2 is 1.95 bits per heavy atom. The molecule has 0 atom stereocenters. The van der Waals surface area contributed by atoms with E-state index in [2.05, 4.69) is 26.9 Å². The van der Waals surface area contributed by atoms with Gasteiger partial charge in [0.2, 0.25) is 0 Å². The molecule has 0 bridgehead atoms. The van der Waals surface area contributed by atoms with Crippen LogP contribution < -0.4 is 4.90 Å². The third-order valence-corrected chi connectivity index (χ3v) is 4.35. The van der Waals surface area contributed by atoms with Gasteiger partial charge in [0.25, 0.3) is 0 Å². The van der Waals surface area contributed by atoms with E-state index in [-0.39, 0.29) is 0 Å². The van der Waals surface area contributed by atoms with Gasteiger partial charge in [-0.05, 0) is 38.7 Å². The summed E-state index contributed by atoms with van der Waals surface area (Å²) in [4.78, 5) is 9.32. The minimum Gasteiger partial charge on any atom is -0.368 e. The van der Waals surface area contributed by atoms with Crippen LogP contribution in [0.4, 0.5) is 5.69 Å². The fourth-order valence-corrected chi connectivity index (χ4v) is 3.03. The highest BCUT2D eigenvalue weighted by molar-refractivity contribution is 5.61. The zero-order valence-electron chi connectivity index (χ0n) is 12.4. The topological polar surface area (TPSA) is 43.2 Å². The zero-order chi connectivity index (χ0) is 14.1. The minimum absolute atomic E-state index is 0.742. The van der Waals surface area contributed by atoms with Crippen LogP contribution in [0.1, 0.15) is 29.8 Å². The van der Waals surface area contributed by atoms with Gasteiger partial charge in [0, 0.05) is 38.4 Å². The second kappa shape index (κ2) is 5.41. The van der Waals surface area contributed by atoms with Crippen molar-refractivity contribution < 1.29 is 0 Å². The van der Waals surface area contributed by atoms with E-state index in [9.17, 15) is 5.26 Å². The molecule has 0 radical (unpaired) electrons. The molecule has 4 heteroatoms. The summed E-state index contributed by atoms with van der Waals surface area (Å²) in [6.45, 7) is 9.46. The van der Waals surface area contributed by atoms with Crippen molar-refractivity contribution >= 4 is 5.69 Å². The van der Waals surface area contributed by atoms with Gasteiger partial charge in [0.05, 0.1) is 16.9 Å². The van der Waals surface area contributed by atoms with Crippen LogP contribution in [-0.2, 0) is 0 Å². The van der Waals surface area contributed by atoms with Crippen LogP contribution in [0.25, 0.3) is 0 Å². The molecule has 1 aliphatic carbocycles. The van der Waals surface area contributed by atoms with Gasteiger partial charge in [0.15, 0.2) is 0 Å². The third-order valence-electron chi connectivity index (χ3n) is 4.35. The van der Waals surface area contributed by atoms with Gasteiger partial charge in [-0.15, -0.1) is 0 Å². The first-order valence-electron chi connectivity index (χ1n) is 7.53. The Hall–Kier alpha value is -1.60. The molecular weight excluding hydrogens is 248 g/mol. The molecule has 0 amide bonds. The summed E-state index contributed by atoms with van der Waals surface area (Å²) in [7, 11) is 0. The minimum atomic E-state index is 0.742. The van der Waals surface area contributed by atoms with Crippen LogP contribution in [-0.4, -0.2) is 42.6 Å². The number of nitrogens with zero attached hydrogens (tertiary/aromatic N) is 4. The average Bonchev–Trinajstić information content (AvgIpc) is 3.23. The number of pyridine rings is 1. The van der Waals surface area contributed by atoms with E-state index in [1.165, 1.54) is 19.4 Å². The van der Waals surface area contributed by atoms with Crippen molar-refractivity contribution in [1.82, 2.24) is 9.88 Å². The van der Waals surface area contributed by atoms with Gasteiger partial charge in [-0.3, -0.25) is 9.88 Å². The molecule has 1 aliphatic heterocycles. The summed E-state index contributed by atoms with van der Waals surface area (Å²) >= 11 is 0. The Labute approximate surface area is 121 Å². The summed E-state index contributed by atoms with van der Waals surface area (Å²) in [6, 6.07) is 4.38. The van der Waals surface area contributed by atoms with Gasteiger partial charge in [-0.2, -0.15) is 5.26 Å². The van der Waals surface area contributed by atoms with Crippen molar-refractivity contribution in [2.75, 3.05) is 37.6 Å². The summed E-state index contributed by atoms with van der Waals surface area (Å²) in [5.41, 5.74) is 3.66. The van der Waals surface area contributed by atoms with Crippen molar-refractivity contribution in [1.29, 1.82) is 5.26 Å². The van der Waals surface area contributed by atoms with Gasteiger partial charge < -0.3 is 4.90 Å². The largest absolute Gasteiger partial charge is 0.368 e. The maximum Gasteiger partial charge on any atom is 0.103 e. The van der Waals surface area contributed by atoms with Crippen LogP contribution in [0.15, 0.2) is 6.07 Å². The van der Waals surface area contributed by atoms with Gasteiger partial charge >= 0.3 is 0 Å². The first kappa shape index (κ1) is 13.4. The van der Waals surface area contributed by atoms with E-state index in [1.807, 2.05) is 13.8 Å². The Morgan fingerprint density at radius 3 is 2.55 bits per heavy atom. The summed E-state index contributed by atoms with van der Waals surface area (Å²) < 4.78 is 0. The number of piperazine rings is 1. The lowest BCUT2D eigenvalue weighted by atomic mass is 10.1. The van der Waals surface area contributed by atoms with Gasteiger partial charge in [-0.25, -0.2) is 0 Å². The lowest BCUT2D eigenvalue weighted by Crippen LogP contribution is -2.47. The molecule has 0 spiro atoms. The Balaban J connectivity index is 1.72. The predicted octanol–water partition coefficient (Wildman–Crippen LogP) is 2.10. The maximum absolute atomic E-state index is 9.37. The number of hydrogen-bond acceptors (Lipinski definition) is 4. The first-order chi connectivity index (χ1) is 9.67. The summed E-state index contributed by atoms with van der Waals surface area (Å²) in [5.74, 6) is 0.960. The van der Waals surface area contributed by atoms with Gasteiger partial charge in [-0.1, -0.05) is 0 Å². The van der Waals surface area contributed by atoms with Crippen LogP contribution >= 0.6 is 0 Å². The predicted molar refractivity (Wildman–Crippen MR) is 79.8 cm³/mol. The molecule has 2 heterocycles. The molecule has 1 aromatic heterocycles. The number of aryl methyl sites for hydroxylation is 2. The average molecular weight is 270 g/mol. The third kappa shape index (κ3) is 2.78. The number of nitriles is 1. The Bertz CT molecular complexity index is 534. The quantitative estimate of drug-likeness (QED) is 0.843. The first-order valence-corrected chi connectivity index (χ1v) is 7.53. The lowest BCUT2D eigenvalue weighted by Gasteiger charge is -2.36. The fraction of sp³-hybridized carbons (Fsp3) is 0.625. The molecule has 0 N–H and O–H groups in total. The number of aromatic nitrogens is 1. The van der Waals surface area contributed by atoms with Crippen LogP contribution in [0.2, 0.25) is 0 Å². The van der Waals surface area contributed by atoms with E-state index < -0.39 is 0 Å². The molecule has 20 heavy (non-hydrogen) atoms. The molecule has 2 fully saturated rings. The van der Waals surface area contributed by atoms with Gasteiger partial charge in [0.1, 0.15) is 6.07 Å². The normalized spacial score (nSPS) is 19.9. The monoisotopic (exact) mass is 270 g/mol. The molecular formula is C16H22N4. The van der Waals surface area contributed by atoms with Crippen LogP contribution in [0.3, 0.4) is 0 Å². The lowest BCUT2D eigenvalue weighted by molar-refractivity contribution is 0.248. The highest BCUT2D eigenvalue weighted by Gasteiger charge is 2.27. The van der Waals surface area contributed by atoms with Crippen molar-refractivity contribution in [3.63, 3.8) is 0 Å². The zero-order valence-corrected chi connectivity index (χ0v) is 12.4. The second-order valence-electron chi connectivity index (χ2n) is 6.09. The van der Waals surface area contributed by atoms with Crippen LogP contribution in [0.5, 0.6) is 0 Å². The maximum atomic E-state index is 9.37. The van der Waals surface area contributed by atoms with Crippen molar-refractivity contribution in [2.24, 2.45) is 5.92 Å². The molecule has 1 saturated heterocycles. The highest BCUT2D eigenvalue weighted by Crippen LogP contribution is 2.30. The van der Waals surface area contributed by atoms with E-state index in [0.29, 0.717) is 0 Å². The summed E-state index contributed by atoms with van der Waals surface area (Å²) in [5, 5.41) is 9.37. The standard InChI is InChI=1S/C16H22N4/c1-12-9-16(15(10-17)13(2)18-12)20-7-5-19(6-8-20)11-14-3-4-14/h9,14H,3-8,11H2,1-2H3. The van der Waals surface area contributed by atoms with E-state index in [1.54, 1.807) is 0 Å². The molecule has 3 rings (SSSR count). The summed E-state index contributed by atoms with van der Waals surface area (Å²) in [6.07, 6.45) is 2.84. The van der Waals surface area contributed by atoms with E-state index in [4.69, 9.17) is 0 Å². The van der Waals surface area contributed by atoms with Crippen LogP contribution in [0, 0.1) is 31.1 Å². The molecule has 106 valence electrons. The number of rotatable bonds is 3. The molecule has 1 aromatic rings. The molecule has 1 saturated carbocycles. The molecule has 0 aromatic carbocycles. The number of anilines is 1. The Kier molecular flexibility index (Phi) is 3.62. The number of hydrogen-bond donors (Lipinski definition) is 0. The van der Waals surface area contributed by atoms with E-state index in [0.717, 1.165) is 54.7 Å². The van der Waals surface area contributed by atoms with Crippen molar-refractivity contribution in [3.05, 3.63) is 23.0 Å².